The molecule has 0 N–H and O–H groups in total. The second-order valence-electron chi connectivity index (χ2n) is 7.82. The molecule has 2 heterocycles. The van der Waals surface area contributed by atoms with Gasteiger partial charge >= 0.3 is 0 Å². The molecule has 1 saturated heterocycles. The molecule has 0 bridgehead atoms. The molecule has 1 aromatic heterocycles. The van der Waals surface area contributed by atoms with Crippen molar-refractivity contribution >= 4 is 15.9 Å². The number of benzene rings is 2. The van der Waals surface area contributed by atoms with E-state index < -0.39 is 10.0 Å². The van der Waals surface area contributed by atoms with Crippen LogP contribution in [0.5, 0.6) is 0 Å². The Bertz CT molecular complexity index is 1110. The maximum Gasteiger partial charge on any atom is 0.243 e. The van der Waals surface area contributed by atoms with Crippen LogP contribution in [0.25, 0.3) is 0 Å². The number of rotatable bonds is 7. The molecule has 4 rings (SSSR count). The minimum atomic E-state index is -3.87. The molecule has 1 atom stereocenters. The molecule has 1 amide bonds. The van der Waals surface area contributed by atoms with Crippen molar-refractivity contribution in [2.75, 3.05) is 13.1 Å². The summed E-state index contributed by atoms with van der Waals surface area (Å²) in [6.07, 6.45) is 3.27. The number of likely N-dealkylation sites (tertiary alicyclic amines) is 1. The second-order valence-corrected chi connectivity index (χ2v) is 9.76. The molecule has 0 radical (unpaired) electrons. The smallest absolute Gasteiger partial charge is 0.243 e. The number of nitrogens with zero attached hydrogens (tertiary/aromatic N) is 2. The lowest BCUT2D eigenvalue weighted by molar-refractivity contribution is -0.132. The van der Waals surface area contributed by atoms with Crippen LogP contribution < -0.4 is 0 Å². The highest BCUT2D eigenvalue weighted by Gasteiger charge is 2.34. The first-order chi connectivity index (χ1) is 14.9. The third-order valence-corrected chi connectivity index (χ3v) is 7.45. The van der Waals surface area contributed by atoms with Gasteiger partial charge in [-0.1, -0.05) is 48.0 Å². The van der Waals surface area contributed by atoms with Gasteiger partial charge in [-0.2, -0.15) is 4.31 Å². The van der Waals surface area contributed by atoms with Crippen molar-refractivity contribution in [3.63, 3.8) is 0 Å². The molecular formula is C24H26N2O4S. The van der Waals surface area contributed by atoms with Gasteiger partial charge in [-0.15, -0.1) is 0 Å². The summed E-state index contributed by atoms with van der Waals surface area (Å²) in [6.45, 7) is 2.29. The molecule has 1 fully saturated rings. The van der Waals surface area contributed by atoms with Crippen LogP contribution in [-0.4, -0.2) is 36.6 Å². The topological polar surface area (TPSA) is 70.8 Å². The molecule has 0 spiro atoms. The third-order valence-electron chi connectivity index (χ3n) is 5.64. The molecule has 1 aliphatic heterocycles. The van der Waals surface area contributed by atoms with Crippen LogP contribution in [0.3, 0.4) is 0 Å². The lowest BCUT2D eigenvalue weighted by Crippen LogP contribution is -2.42. The summed E-state index contributed by atoms with van der Waals surface area (Å²) in [6, 6.07) is 20.0. The van der Waals surface area contributed by atoms with Gasteiger partial charge in [-0.25, -0.2) is 8.42 Å². The first-order valence-electron chi connectivity index (χ1n) is 10.4. The summed E-state index contributed by atoms with van der Waals surface area (Å²) in [5, 5.41) is 0. The number of amides is 1. The molecule has 3 aromatic rings. The Kier molecular flexibility index (Phi) is 6.25. The number of carbonyl (C=O) groups excluding carboxylic acids is 1. The SMILES string of the molecule is Cc1ccc(S(=O)(=O)N(CC(=O)N2CCCC2c2ccccc2)Cc2ccco2)cc1. The highest BCUT2D eigenvalue weighted by atomic mass is 32.2. The lowest BCUT2D eigenvalue weighted by Gasteiger charge is -2.28. The second kappa shape index (κ2) is 9.08. The normalized spacial score (nSPS) is 16.7. The molecule has 7 heteroatoms. The maximum atomic E-state index is 13.4. The van der Waals surface area contributed by atoms with Gasteiger partial charge in [-0.05, 0) is 49.6 Å². The highest BCUT2D eigenvalue weighted by Crippen LogP contribution is 2.32. The summed E-state index contributed by atoms with van der Waals surface area (Å²) < 4.78 is 33.4. The van der Waals surface area contributed by atoms with Gasteiger partial charge in [0.05, 0.1) is 30.3 Å². The Morgan fingerprint density at radius 2 is 1.81 bits per heavy atom. The monoisotopic (exact) mass is 438 g/mol. The number of hydrogen-bond donors (Lipinski definition) is 0. The minimum Gasteiger partial charge on any atom is -0.468 e. The summed E-state index contributed by atoms with van der Waals surface area (Å²) in [4.78, 5) is 15.3. The van der Waals surface area contributed by atoms with Crippen LogP contribution in [0.1, 0.15) is 35.8 Å². The van der Waals surface area contributed by atoms with Crippen LogP contribution in [0.15, 0.2) is 82.3 Å². The van der Waals surface area contributed by atoms with Gasteiger partial charge < -0.3 is 9.32 Å². The van der Waals surface area contributed by atoms with Gasteiger partial charge in [-0.3, -0.25) is 4.79 Å². The van der Waals surface area contributed by atoms with E-state index in [1.54, 1.807) is 41.3 Å². The van der Waals surface area contributed by atoms with Crippen molar-refractivity contribution in [2.24, 2.45) is 0 Å². The zero-order valence-corrected chi connectivity index (χ0v) is 18.3. The third kappa shape index (κ3) is 4.73. The molecule has 162 valence electrons. The van der Waals surface area contributed by atoms with E-state index in [-0.39, 0.29) is 29.9 Å². The summed E-state index contributed by atoms with van der Waals surface area (Å²) in [5.74, 6) is 0.290. The molecular weight excluding hydrogens is 412 g/mol. The zero-order chi connectivity index (χ0) is 21.8. The zero-order valence-electron chi connectivity index (χ0n) is 17.5. The average molecular weight is 439 g/mol. The molecule has 31 heavy (non-hydrogen) atoms. The van der Waals surface area contributed by atoms with Crippen molar-refractivity contribution in [2.45, 2.75) is 37.2 Å². The number of sulfonamides is 1. The van der Waals surface area contributed by atoms with Crippen LogP contribution >= 0.6 is 0 Å². The van der Waals surface area contributed by atoms with Gasteiger partial charge in [0, 0.05) is 6.54 Å². The van der Waals surface area contributed by atoms with Gasteiger partial charge in [0.25, 0.3) is 0 Å². The van der Waals surface area contributed by atoms with E-state index in [2.05, 4.69) is 0 Å². The van der Waals surface area contributed by atoms with E-state index >= 15 is 0 Å². The van der Waals surface area contributed by atoms with E-state index in [0.29, 0.717) is 12.3 Å². The van der Waals surface area contributed by atoms with Crippen molar-refractivity contribution in [3.05, 3.63) is 89.9 Å². The standard InChI is InChI=1S/C24H26N2O4S/c1-19-11-13-22(14-12-19)31(28,29)25(17-21-9-6-16-30-21)18-24(27)26-15-5-10-23(26)20-7-3-2-4-8-20/h2-4,6-9,11-14,16,23H,5,10,15,17-18H2,1H3. The number of hydrogen-bond acceptors (Lipinski definition) is 4. The number of furan rings is 1. The Labute approximate surface area is 183 Å². The van der Waals surface area contributed by atoms with Crippen molar-refractivity contribution < 1.29 is 17.6 Å². The summed E-state index contributed by atoms with van der Waals surface area (Å²) >= 11 is 0. The molecule has 1 unspecified atom stereocenters. The van der Waals surface area contributed by atoms with Crippen LogP contribution in [0, 0.1) is 6.92 Å². The van der Waals surface area contributed by atoms with E-state index in [0.717, 1.165) is 24.0 Å². The molecule has 1 aliphatic rings. The highest BCUT2D eigenvalue weighted by molar-refractivity contribution is 7.89. The Hall–Kier alpha value is -2.90. The predicted octanol–water partition coefficient (Wildman–Crippen LogP) is 4.14. The van der Waals surface area contributed by atoms with Crippen molar-refractivity contribution in [3.8, 4) is 0 Å². The fourth-order valence-electron chi connectivity index (χ4n) is 3.99. The largest absolute Gasteiger partial charge is 0.468 e. The summed E-state index contributed by atoms with van der Waals surface area (Å²) in [5.41, 5.74) is 2.04. The number of aryl methyl sites for hydroxylation is 1. The Morgan fingerprint density at radius 3 is 2.48 bits per heavy atom. The fraction of sp³-hybridized carbons (Fsp3) is 0.292. The van der Waals surface area contributed by atoms with Gasteiger partial charge in [0.1, 0.15) is 5.76 Å². The van der Waals surface area contributed by atoms with E-state index in [1.807, 2.05) is 37.3 Å². The van der Waals surface area contributed by atoms with Crippen LogP contribution in [0.2, 0.25) is 0 Å². The minimum absolute atomic E-state index is 0.00120. The van der Waals surface area contributed by atoms with E-state index in [1.165, 1.54) is 10.6 Å². The van der Waals surface area contributed by atoms with Gasteiger partial charge in [0.15, 0.2) is 0 Å². The van der Waals surface area contributed by atoms with E-state index in [4.69, 9.17) is 4.42 Å². The fourth-order valence-corrected chi connectivity index (χ4v) is 5.35. The lowest BCUT2D eigenvalue weighted by atomic mass is 10.0. The predicted molar refractivity (Wildman–Crippen MR) is 118 cm³/mol. The summed E-state index contributed by atoms with van der Waals surface area (Å²) in [7, 11) is -3.87. The van der Waals surface area contributed by atoms with Gasteiger partial charge in [0.2, 0.25) is 15.9 Å². The first kappa shape index (κ1) is 21.3. The maximum absolute atomic E-state index is 13.4. The molecule has 6 nitrogen and oxygen atoms in total. The average Bonchev–Trinajstić information content (AvgIpc) is 3.46. The van der Waals surface area contributed by atoms with Crippen LogP contribution in [0.4, 0.5) is 0 Å². The quantitative estimate of drug-likeness (QED) is 0.556. The Balaban J connectivity index is 1.60. The van der Waals surface area contributed by atoms with E-state index in [9.17, 15) is 13.2 Å². The number of carbonyl (C=O) groups is 1. The molecule has 2 aromatic carbocycles. The molecule has 0 saturated carbocycles. The first-order valence-corrected chi connectivity index (χ1v) is 11.8. The Morgan fingerprint density at radius 1 is 1.06 bits per heavy atom. The van der Waals surface area contributed by atoms with Crippen molar-refractivity contribution in [1.29, 1.82) is 0 Å². The van der Waals surface area contributed by atoms with Crippen molar-refractivity contribution in [1.82, 2.24) is 9.21 Å². The van der Waals surface area contributed by atoms with Crippen LogP contribution in [-0.2, 0) is 21.4 Å². The molecule has 0 aliphatic carbocycles.